The molecular weight excluding hydrogens is 255 g/mol. The van der Waals surface area contributed by atoms with Gasteiger partial charge in [0, 0.05) is 10.3 Å². The summed E-state index contributed by atoms with van der Waals surface area (Å²) in [6, 6.07) is 6.14. The minimum atomic E-state index is -0.862. The standard InChI is InChI=1S/C13H13FO3S/c1-16-9-6-12(18-7-9)13(15)8-3-4-11(17-2)10(14)5-8/h3-7,13,15H,1-2H3. The highest BCUT2D eigenvalue weighted by Gasteiger charge is 2.15. The molecule has 0 saturated carbocycles. The molecule has 18 heavy (non-hydrogen) atoms. The van der Waals surface area contributed by atoms with Gasteiger partial charge in [0.05, 0.1) is 14.2 Å². The summed E-state index contributed by atoms with van der Waals surface area (Å²) in [4.78, 5) is 0.705. The lowest BCUT2D eigenvalue weighted by Crippen LogP contribution is -1.99. The number of aliphatic hydroxyl groups excluding tert-OH is 1. The van der Waals surface area contributed by atoms with Crippen molar-refractivity contribution in [2.75, 3.05) is 14.2 Å². The van der Waals surface area contributed by atoms with Gasteiger partial charge in [-0.05, 0) is 23.8 Å². The fourth-order valence-corrected chi connectivity index (χ4v) is 2.47. The van der Waals surface area contributed by atoms with Crippen molar-refractivity contribution in [3.63, 3.8) is 0 Å². The molecule has 2 rings (SSSR count). The van der Waals surface area contributed by atoms with E-state index in [1.807, 2.05) is 0 Å². The second-order valence-corrected chi connectivity index (χ2v) is 4.63. The summed E-state index contributed by atoms with van der Waals surface area (Å²) in [6.07, 6.45) is -0.862. The van der Waals surface area contributed by atoms with Crippen LogP contribution in [-0.2, 0) is 0 Å². The van der Waals surface area contributed by atoms with Crippen molar-refractivity contribution < 1.29 is 19.0 Å². The second-order valence-electron chi connectivity index (χ2n) is 3.69. The molecule has 5 heteroatoms. The summed E-state index contributed by atoms with van der Waals surface area (Å²) >= 11 is 1.36. The minimum absolute atomic E-state index is 0.162. The van der Waals surface area contributed by atoms with E-state index in [0.717, 1.165) is 0 Å². The van der Waals surface area contributed by atoms with E-state index in [4.69, 9.17) is 9.47 Å². The van der Waals surface area contributed by atoms with Gasteiger partial charge in [-0.25, -0.2) is 4.39 Å². The van der Waals surface area contributed by atoms with Gasteiger partial charge < -0.3 is 14.6 Å². The molecule has 1 heterocycles. The maximum atomic E-state index is 13.5. The Kier molecular flexibility index (Phi) is 3.84. The van der Waals surface area contributed by atoms with Gasteiger partial charge in [-0.2, -0.15) is 0 Å². The van der Waals surface area contributed by atoms with Crippen LogP contribution in [0.3, 0.4) is 0 Å². The van der Waals surface area contributed by atoms with Gasteiger partial charge in [-0.15, -0.1) is 11.3 Å². The predicted octanol–water partition coefficient (Wildman–Crippen LogP) is 2.99. The molecule has 0 radical (unpaired) electrons. The molecule has 0 aliphatic rings. The highest BCUT2D eigenvalue weighted by Crippen LogP contribution is 2.32. The highest BCUT2D eigenvalue weighted by molar-refractivity contribution is 7.10. The molecule has 1 N–H and O–H groups in total. The van der Waals surface area contributed by atoms with Crippen LogP contribution in [0.25, 0.3) is 0 Å². The number of hydrogen-bond acceptors (Lipinski definition) is 4. The van der Waals surface area contributed by atoms with Crippen molar-refractivity contribution in [2.24, 2.45) is 0 Å². The monoisotopic (exact) mass is 268 g/mol. The number of aliphatic hydroxyl groups is 1. The van der Waals surface area contributed by atoms with E-state index in [-0.39, 0.29) is 5.75 Å². The Hall–Kier alpha value is -1.59. The molecule has 0 saturated heterocycles. The Labute approximate surface area is 108 Å². The van der Waals surface area contributed by atoms with Crippen LogP contribution >= 0.6 is 11.3 Å². The topological polar surface area (TPSA) is 38.7 Å². The van der Waals surface area contributed by atoms with Gasteiger partial charge in [-0.3, -0.25) is 0 Å². The number of halogens is 1. The lowest BCUT2D eigenvalue weighted by atomic mass is 10.1. The van der Waals surface area contributed by atoms with Crippen molar-refractivity contribution in [1.29, 1.82) is 0 Å². The molecule has 1 aromatic heterocycles. The Morgan fingerprint density at radius 2 is 2.00 bits per heavy atom. The molecule has 96 valence electrons. The zero-order chi connectivity index (χ0) is 13.1. The minimum Gasteiger partial charge on any atom is -0.496 e. The van der Waals surface area contributed by atoms with Crippen molar-refractivity contribution in [3.8, 4) is 11.5 Å². The lowest BCUT2D eigenvalue weighted by Gasteiger charge is -2.10. The molecule has 1 unspecified atom stereocenters. The van der Waals surface area contributed by atoms with Gasteiger partial charge in [0.1, 0.15) is 11.9 Å². The van der Waals surface area contributed by atoms with Crippen LogP contribution in [0.2, 0.25) is 0 Å². The summed E-state index contributed by atoms with van der Waals surface area (Å²) < 4.78 is 23.4. The summed E-state index contributed by atoms with van der Waals surface area (Å²) in [6.45, 7) is 0. The normalized spacial score (nSPS) is 12.2. The number of ether oxygens (including phenoxy) is 2. The van der Waals surface area contributed by atoms with E-state index in [9.17, 15) is 9.50 Å². The number of benzene rings is 1. The quantitative estimate of drug-likeness (QED) is 0.926. The van der Waals surface area contributed by atoms with Crippen molar-refractivity contribution in [3.05, 3.63) is 45.9 Å². The number of hydrogen-bond donors (Lipinski definition) is 1. The SMILES string of the molecule is COc1csc(C(O)c2ccc(OC)c(F)c2)c1. The Balaban J connectivity index is 2.27. The van der Waals surface area contributed by atoms with E-state index >= 15 is 0 Å². The molecule has 0 aliphatic carbocycles. The molecular formula is C13H13FO3S. The molecule has 1 atom stereocenters. The van der Waals surface area contributed by atoms with Crippen LogP contribution in [0.15, 0.2) is 29.6 Å². The van der Waals surface area contributed by atoms with Crippen LogP contribution < -0.4 is 9.47 Å². The van der Waals surface area contributed by atoms with Gasteiger partial charge in [0.2, 0.25) is 0 Å². The van der Waals surface area contributed by atoms with E-state index in [1.165, 1.54) is 30.6 Å². The zero-order valence-corrected chi connectivity index (χ0v) is 10.8. The summed E-state index contributed by atoms with van der Waals surface area (Å²) in [7, 11) is 2.96. The molecule has 3 nitrogen and oxygen atoms in total. The van der Waals surface area contributed by atoms with Crippen LogP contribution in [0.1, 0.15) is 16.5 Å². The van der Waals surface area contributed by atoms with Crippen molar-refractivity contribution >= 4 is 11.3 Å². The van der Waals surface area contributed by atoms with E-state index < -0.39 is 11.9 Å². The van der Waals surface area contributed by atoms with E-state index in [0.29, 0.717) is 16.2 Å². The third-order valence-corrected chi connectivity index (χ3v) is 3.56. The van der Waals surface area contributed by atoms with E-state index in [1.54, 1.807) is 24.6 Å². The van der Waals surface area contributed by atoms with Crippen LogP contribution in [0, 0.1) is 5.82 Å². The highest BCUT2D eigenvalue weighted by atomic mass is 32.1. The fraction of sp³-hybridized carbons (Fsp3) is 0.231. The first-order valence-corrected chi connectivity index (χ1v) is 6.17. The summed E-state index contributed by atoms with van der Waals surface area (Å²) in [5.74, 6) is 0.357. The van der Waals surface area contributed by atoms with Gasteiger partial charge in [0.15, 0.2) is 11.6 Å². The first-order valence-electron chi connectivity index (χ1n) is 5.29. The Bertz CT molecular complexity index is 539. The lowest BCUT2D eigenvalue weighted by molar-refractivity contribution is 0.223. The molecule has 1 aromatic carbocycles. The average molecular weight is 268 g/mol. The first-order chi connectivity index (χ1) is 8.65. The summed E-state index contributed by atoms with van der Waals surface area (Å²) in [5, 5.41) is 11.9. The number of rotatable bonds is 4. The van der Waals surface area contributed by atoms with Crippen molar-refractivity contribution in [2.45, 2.75) is 6.10 Å². The third kappa shape index (κ3) is 2.47. The Morgan fingerprint density at radius 3 is 2.56 bits per heavy atom. The molecule has 0 bridgehead atoms. The molecule has 0 fully saturated rings. The molecule has 0 amide bonds. The number of methoxy groups -OCH3 is 2. The molecule has 0 aliphatic heterocycles. The third-order valence-electron chi connectivity index (χ3n) is 2.59. The molecule has 2 aromatic rings. The first kappa shape index (κ1) is 12.9. The van der Waals surface area contributed by atoms with E-state index in [2.05, 4.69) is 0 Å². The summed E-state index contributed by atoms with van der Waals surface area (Å²) in [5.41, 5.74) is 0.484. The largest absolute Gasteiger partial charge is 0.496 e. The maximum Gasteiger partial charge on any atom is 0.165 e. The van der Waals surface area contributed by atoms with Crippen molar-refractivity contribution in [1.82, 2.24) is 0 Å². The van der Waals surface area contributed by atoms with Crippen LogP contribution in [0.5, 0.6) is 11.5 Å². The maximum absolute atomic E-state index is 13.5. The van der Waals surface area contributed by atoms with Gasteiger partial charge in [-0.1, -0.05) is 6.07 Å². The second kappa shape index (κ2) is 5.37. The fourth-order valence-electron chi connectivity index (χ4n) is 1.60. The average Bonchev–Trinajstić information content (AvgIpc) is 2.86. The van der Waals surface area contributed by atoms with Crippen LogP contribution in [-0.4, -0.2) is 19.3 Å². The number of thiophene rings is 1. The Morgan fingerprint density at radius 1 is 1.22 bits per heavy atom. The zero-order valence-electron chi connectivity index (χ0n) is 10.0. The van der Waals surface area contributed by atoms with Gasteiger partial charge in [0.25, 0.3) is 0 Å². The predicted molar refractivity (Wildman–Crippen MR) is 67.9 cm³/mol. The smallest absolute Gasteiger partial charge is 0.165 e. The van der Waals surface area contributed by atoms with Gasteiger partial charge >= 0.3 is 0 Å². The van der Waals surface area contributed by atoms with Crippen LogP contribution in [0.4, 0.5) is 4.39 Å². The molecule has 0 spiro atoms.